The van der Waals surface area contributed by atoms with Crippen LogP contribution in [0.5, 0.6) is 0 Å². The summed E-state index contributed by atoms with van der Waals surface area (Å²) in [6.45, 7) is 0. The lowest BCUT2D eigenvalue weighted by atomic mass is 10.4. The molecule has 7 nitrogen and oxygen atoms in total. The van der Waals surface area contributed by atoms with Crippen molar-refractivity contribution in [1.29, 1.82) is 0 Å². The second-order valence-electron chi connectivity index (χ2n) is 3.68. The standard InChI is InChI=1S/C11H8FN7S/c12-7-2-1-3-8(4-7)20-11-17-9(13)16-10(18-11)19-6-14-5-15-19/h1-6H,(H2,13,16,17,18). The number of rotatable bonds is 3. The molecule has 0 saturated heterocycles. The summed E-state index contributed by atoms with van der Waals surface area (Å²) in [7, 11) is 0. The predicted octanol–water partition coefficient (Wildman–Crippen LogP) is 1.32. The fraction of sp³-hybridized carbons (Fsp3) is 0. The van der Waals surface area contributed by atoms with Crippen LogP contribution in [0.4, 0.5) is 10.3 Å². The third-order valence-electron chi connectivity index (χ3n) is 2.25. The molecule has 0 unspecified atom stereocenters. The van der Waals surface area contributed by atoms with Gasteiger partial charge < -0.3 is 5.73 Å². The highest BCUT2D eigenvalue weighted by molar-refractivity contribution is 7.99. The van der Waals surface area contributed by atoms with Gasteiger partial charge in [-0.1, -0.05) is 6.07 Å². The zero-order chi connectivity index (χ0) is 13.9. The maximum Gasteiger partial charge on any atom is 0.257 e. The van der Waals surface area contributed by atoms with Gasteiger partial charge in [-0.3, -0.25) is 0 Å². The van der Waals surface area contributed by atoms with Crippen LogP contribution < -0.4 is 5.73 Å². The average Bonchev–Trinajstić information content (AvgIpc) is 2.91. The molecule has 1 aromatic carbocycles. The molecule has 3 rings (SSSR count). The van der Waals surface area contributed by atoms with Crippen LogP contribution in [0.1, 0.15) is 0 Å². The lowest BCUT2D eigenvalue weighted by Gasteiger charge is -2.04. The van der Waals surface area contributed by atoms with Gasteiger partial charge in [0.25, 0.3) is 5.95 Å². The van der Waals surface area contributed by atoms with Crippen molar-refractivity contribution in [1.82, 2.24) is 29.7 Å². The normalized spacial score (nSPS) is 10.7. The Morgan fingerprint density at radius 2 is 2.10 bits per heavy atom. The number of nitrogen functional groups attached to an aromatic ring is 1. The quantitative estimate of drug-likeness (QED) is 0.777. The Labute approximate surface area is 117 Å². The summed E-state index contributed by atoms with van der Waals surface area (Å²) >= 11 is 1.18. The van der Waals surface area contributed by atoms with Crippen molar-refractivity contribution < 1.29 is 4.39 Å². The molecule has 0 aliphatic carbocycles. The molecular formula is C11H8FN7S. The Balaban J connectivity index is 1.94. The first-order valence-electron chi connectivity index (χ1n) is 5.51. The average molecular weight is 289 g/mol. The van der Waals surface area contributed by atoms with E-state index in [2.05, 4.69) is 25.0 Å². The second kappa shape index (κ2) is 5.21. The van der Waals surface area contributed by atoms with Gasteiger partial charge in [-0.2, -0.15) is 24.7 Å². The molecule has 0 atom stereocenters. The van der Waals surface area contributed by atoms with Gasteiger partial charge in [0.15, 0.2) is 5.16 Å². The molecule has 0 amide bonds. The van der Waals surface area contributed by atoms with Crippen molar-refractivity contribution in [2.45, 2.75) is 10.1 Å². The highest BCUT2D eigenvalue weighted by atomic mass is 32.2. The zero-order valence-electron chi connectivity index (χ0n) is 10.0. The van der Waals surface area contributed by atoms with Crippen LogP contribution in [0, 0.1) is 5.82 Å². The molecule has 9 heteroatoms. The number of halogens is 1. The van der Waals surface area contributed by atoms with E-state index in [4.69, 9.17) is 5.73 Å². The Morgan fingerprint density at radius 1 is 1.20 bits per heavy atom. The number of benzene rings is 1. The summed E-state index contributed by atoms with van der Waals surface area (Å²) in [5.74, 6) is -0.00756. The van der Waals surface area contributed by atoms with E-state index in [-0.39, 0.29) is 17.7 Å². The molecule has 2 N–H and O–H groups in total. The van der Waals surface area contributed by atoms with Gasteiger partial charge in [0.05, 0.1) is 0 Å². The van der Waals surface area contributed by atoms with E-state index >= 15 is 0 Å². The van der Waals surface area contributed by atoms with Crippen molar-refractivity contribution in [3.8, 4) is 5.95 Å². The van der Waals surface area contributed by atoms with Gasteiger partial charge in [-0.15, -0.1) is 0 Å². The first-order valence-corrected chi connectivity index (χ1v) is 6.32. The summed E-state index contributed by atoms with van der Waals surface area (Å²) in [6, 6.07) is 6.12. The summed E-state index contributed by atoms with van der Waals surface area (Å²) < 4.78 is 14.5. The maximum absolute atomic E-state index is 13.1. The second-order valence-corrected chi connectivity index (χ2v) is 4.72. The van der Waals surface area contributed by atoms with Gasteiger partial charge in [0.2, 0.25) is 5.95 Å². The molecule has 0 aliphatic heterocycles. The summed E-state index contributed by atoms with van der Waals surface area (Å²) in [5, 5.41) is 4.27. The van der Waals surface area contributed by atoms with Crippen LogP contribution in [-0.4, -0.2) is 29.7 Å². The zero-order valence-corrected chi connectivity index (χ0v) is 10.8. The lowest BCUT2D eigenvalue weighted by Crippen LogP contribution is -2.07. The van der Waals surface area contributed by atoms with E-state index in [0.717, 1.165) is 0 Å². The monoisotopic (exact) mass is 289 g/mol. The first-order chi connectivity index (χ1) is 9.70. The van der Waals surface area contributed by atoms with Crippen molar-refractivity contribution >= 4 is 17.7 Å². The molecule has 0 fully saturated rings. The molecule has 0 bridgehead atoms. The van der Waals surface area contributed by atoms with Crippen LogP contribution in [0.15, 0.2) is 47.0 Å². The van der Waals surface area contributed by atoms with E-state index in [1.807, 2.05) is 0 Å². The van der Waals surface area contributed by atoms with E-state index in [0.29, 0.717) is 10.1 Å². The highest BCUT2D eigenvalue weighted by Crippen LogP contribution is 2.25. The molecule has 3 aromatic rings. The molecule has 2 aromatic heterocycles. The minimum Gasteiger partial charge on any atom is -0.368 e. The molecule has 0 radical (unpaired) electrons. The van der Waals surface area contributed by atoms with E-state index in [1.165, 1.54) is 41.2 Å². The number of hydrogen-bond acceptors (Lipinski definition) is 7. The van der Waals surface area contributed by atoms with E-state index in [9.17, 15) is 4.39 Å². The number of aromatic nitrogens is 6. The van der Waals surface area contributed by atoms with Crippen LogP contribution in [-0.2, 0) is 0 Å². The Morgan fingerprint density at radius 3 is 2.85 bits per heavy atom. The fourth-order valence-corrected chi connectivity index (χ4v) is 2.25. The summed E-state index contributed by atoms with van der Waals surface area (Å²) in [6.07, 6.45) is 2.81. The highest BCUT2D eigenvalue weighted by Gasteiger charge is 2.08. The van der Waals surface area contributed by atoms with Crippen molar-refractivity contribution in [3.63, 3.8) is 0 Å². The molecule has 2 heterocycles. The number of hydrogen-bond donors (Lipinski definition) is 1. The fourth-order valence-electron chi connectivity index (χ4n) is 1.46. The van der Waals surface area contributed by atoms with Gasteiger partial charge in [-0.05, 0) is 30.0 Å². The molecule has 20 heavy (non-hydrogen) atoms. The molecule has 0 saturated carbocycles. The van der Waals surface area contributed by atoms with Gasteiger partial charge in [0, 0.05) is 4.90 Å². The largest absolute Gasteiger partial charge is 0.368 e. The minimum absolute atomic E-state index is 0.0596. The third kappa shape index (κ3) is 2.72. The summed E-state index contributed by atoms with van der Waals surface area (Å²) in [4.78, 5) is 16.6. The topological polar surface area (TPSA) is 95.4 Å². The van der Waals surface area contributed by atoms with Crippen LogP contribution in [0.2, 0.25) is 0 Å². The molecule has 0 aliphatic rings. The van der Waals surface area contributed by atoms with Crippen LogP contribution in [0.3, 0.4) is 0 Å². The van der Waals surface area contributed by atoms with E-state index in [1.54, 1.807) is 12.1 Å². The van der Waals surface area contributed by atoms with E-state index < -0.39 is 0 Å². The Kier molecular flexibility index (Phi) is 3.25. The lowest BCUT2D eigenvalue weighted by molar-refractivity contribution is 0.624. The van der Waals surface area contributed by atoms with Crippen molar-refractivity contribution in [3.05, 3.63) is 42.7 Å². The number of nitrogens with zero attached hydrogens (tertiary/aromatic N) is 6. The molecule has 0 spiro atoms. The SMILES string of the molecule is Nc1nc(Sc2cccc(F)c2)nc(-n2cncn2)n1. The smallest absolute Gasteiger partial charge is 0.257 e. The van der Waals surface area contributed by atoms with Gasteiger partial charge >= 0.3 is 0 Å². The van der Waals surface area contributed by atoms with Crippen molar-refractivity contribution in [2.24, 2.45) is 0 Å². The predicted molar refractivity (Wildman–Crippen MR) is 69.7 cm³/mol. The number of nitrogens with two attached hydrogens (primary N) is 1. The Bertz CT molecular complexity index is 731. The maximum atomic E-state index is 13.1. The molecule has 100 valence electrons. The Hall–Kier alpha value is -2.55. The van der Waals surface area contributed by atoms with Crippen LogP contribution in [0.25, 0.3) is 5.95 Å². The third-order valence-corrected chi connectivity index (χ3v) is 3.10. The molecular weight excluding hydrogens is 281 g/mol. The van der Waals surface area contributed by atoms with Crippen LogP contribution >= 0.6 is 11.8 Å². The van der Waals surface area contributed by atoms with Gasteiger partial charge in [0.1, 0.15) is 18.5 Å². The summed E-state index contributed by atoms with van der Waals surface area (Å²) in [5.41, 5.74) is 5.64. The first kappa shape index (κ1) is 12.5. The minimum atomic E-state index is -0.325. The van der Waals surface area contributed by atoms with Gasteiger partial charge in [-0.25, -0.2) is 9.37 Å². The van der Waals surface area contributed by atoms with Crippen molar-refractivity contribution in [2.75, 3.05) is 5.73 Å². The number of anilines is 1.